The molecule has 1 amide bonds. The number of rotatable bonds is 8. The van der Waals surface area contributed by atoms with Crippen LogP contribution in [-0.2, 0) is 16.6 Å². The fourth-order valence-electron chi connectivity index (χ4n) is 5.09. The van der Waals surface area contributed by atoms with Crippen LogP contribution in [0.25, 0.3) is 10.9 Å². The molecule has 0 saturated carbocycles. The highest BCUT2D eigenvalue weighted by atomic mass is 32.2. The molecule has 4 aromatic rings. The number of nitrogens with zero attached hydrogens (tertiary/aromatic N) is 2. The van der Waals surface area contributed by atoms with Crippen LogP contribution in [-0.4, -0.2) is 42.4 Å². The van der Waals surface area contributed by atoms with E-state index in [1.54, 1.807) is 40.7 Å². The summed E-state index contributed by atoms with van der Waals surface area (Å²) in [6.07, 6.45) is 2.91. The van der Waals surface area contributed by atoms with Crippen LogP contribution in [0.4, 0.5) is 5.69 Å². The summed E-state index contributed by atoms with van der Waals surface area (Å²) in [5.74, 6) is 0.596. The SMILES string of the molecule is CCn1cc(C2CCN(S(=O)(=O)c3ccc(OC(C)C)cc3)C2)c2ccc(NC(=O)c3ccccc3)cc21. The lowest BCUT2D eigenvalue weighted by molar-refractivity contribution is 0.102. The first kappa shape index (κ1) is 26.0. The minimum atomic E-state index is -3.60. The maximum absolute atomic E-state index is 13.4. The molecule has 0 aliphatic carbocycles. The Morgan fingerprint density at radius 1 is 1.05 bits per heavy atom. The molecular formula is C30H33N3O4S. The van der Waals surface area contributed by atoms with Gasteiger partial charge in [0.1, 0.15) is 5.75 Å². The van der Waals surface area contributed by atoms with E-state index in [2.05, 4.69) is 23.0 Å². The van der Waals surface area contributed by atoms with Gasteiger partial charge in [-0.25, -0.2) is 8.42 Å². The van der Waals surface area contributed by atoms with E-state index in [-0.39, 0.29) is 22.8 Å². The molecule has 0 spiro atoms. The third-order valence-electron chi connectivity index (χ3n) is 6.97. The number of benzene rings is 3. The number of nitrogens with one attached hydrogen (secondary N) is 1. The number of fused-ring (bicyclic) bond motifs is 1. The summed E-state index contributed by atoms with van der Waals surface area (Å²) in [5, 5.41) is 4.08. The molecule has 3 aromatic carbocycles. The second kappa shape index (κ2) is 10.6. The van der Waals surface area contributed by atoms with Crippen molar-refractivity contribution in [2.24, 2.45) is 0 Å². The van der Waals surface area contributed by atoms with Crippen LogP contribution in [0.5, 0.6) is 5.75 Å². The molecule has 198 valence electrons. The molecule has 1 atom stereocenters. The zero-order valence-electron chi connectivity index (χ0n) is 21.9. The third kappa shape index (κ3) is 5.19. The standard InChI is InChI=1S/C30H33N3O4S/c1-4-32-20-28(27-15-10-24(18-29(27)32)31-30(34)22-8-6-5-7-9-22)23-16-17-33(19-23)38(35,36)26-13-11-25(12-14-26)37-21(2)3/h5-15,18,20-21,23H,4,16-17,19H2,1-3H3,(H,31,34). The highest BCUT2D eigenvalue weighted by Crippen LogP contribution is 2.37. The van der Waals surface area contributed by atoms with E-state index in [0.29, 0.717) is 24.4 Å². The maximum Gasteiger partial charge on any atom is 0.255 e. The van der Waals surface area contributed by atoms with Crippen LogP contribution in [0, 0.1) is 0 Å². The first-order chi connectivity index (χ1) is 18.3. The molecule has 2 heterocycles. The molecule has 5 rings (SSSR count). The number of aromatic nitrogens is 1. The summed E-state index contributed by atoms with van der Waals surface area (Å²) in [7, 11) is -3.60. The number of hydrogen-bond acceptors (Lipinski definition) is 4. The maximum atomic E-state index is 13.4. The molecule has 1 aliphatic rings. The zero-order chi connectivity index (χ0) is 26.9. The number of carbonyl (C=O) groups is 1. The van der Waals surface area contributed by atoms with Crippen LogP contribution in [0.1, 0.15) is 49.0 Å². The lowest BCUT2D eigenvalue weighted by Gasteiger charge is -2.17. The highest BCUT2D eigenvalue weighted by Gasteiger charge is 2.34. The fraction of sp³-hybridized carbons (Fsp3) is 0.300. The van der Waals surface area contributed by atoms with E-state index < -0.39 is 10.0 Å². The Labute approximate surface area is 224 Å². The second-order valence-corrected chi connectivity index (χ2v) is 11.8. The van der Waals surface area contributed by atoms with Crippen molar-refractivity contribution < 1.29 is 17.9 Å². The molecule has 1 fully saturated rings. The van der Waals surface area contributed by atoms with Crippen molar-refractivity contribution in [3.63, 3.8) is 0 Å². The second-order valence-electron chi connectivity index (χ2n) is 9.91. The highest BCUT2D eigenvalue weighted by molar-refractivity contribution is 7.89. The van der Waals surface area contributed by atoms with Crippen LogP contribution < -0.4 is 10.1 Å². The van der Waals surface area contributed by atoms with Crippen molar-refractivity contribution in [3.8, 4) is 5.75 Å². The van der Waals surface area contributed by atoms with E-state index in [1.807, 2.05) is 50.2 Å². The average Bonchev–Trinajstić information content (AvgIpc) is 3.54. The van der Waals surface area contributed by atoms with E-state index in [9.17, 15) is 13.2 Å². The van der Waals surface area contributed by atoms with Gasteiger partial charge in [0.15, 0.2) is 0 Å². The van der Waals surface area contributed by atoms with Crippen molar-refractivity contribution in [1.29, 1.82) is 0 Å². The van der Waals surface area contributed by atoms with Crippen molar-refractivity contribution >= 4 is 32.5 Å². The quantitative estimate of drug-likeness (QED) is 0.308. The van der Waals surface area contributed by atoms with Gasteiger partial charge in [-0.05, 0) is 81.3 Å². The minimum Gasteiger partial charge on any atom is -0.491 e. The van der Waals surface area contributed by atoms with E-state index in [1.165, 1.54) is 0 Å². The van der Waals surface area contributed by atoms with Crippen molar-refractivity contribution in [2.45, 2.75) is 50.7 Å². The van der Waals surface area contributed by atoms with Crippen LogP contribution in [0.3, 0.4) is 0 Å². The predicted octanol–water partition coefficient (Wildman–Crippen LogP) is 5.88. The van der Waals surface area contributed by atoms with Gasteiger partial charge in [0.05, 0.1) is 16.5 Å². The number of amides is 1. The van der Waals surface area contributed by atoms with Crippen molar-refractivity contribution in [1.82, 2.24) is 8.87 Å². The molecule has 0 bridgehead atoms. The molecular weight excluding hydrogens is 498 g/mol. The Morgan fingerprint density at radius 2 is 1.79 bits per heavy atom. The third-order valence-corrected chi connectivity index (χ3v) is 8.85. The average molecular weight is 532 g/mol. The molecule has 1 aromatic heterocycles. The minimum absolute atomic E-state index is 0.0262. The molecule has 1 aliphatic heterocycles. The summed E-state index contributed by atoms with van der Waals surface area (Å²) < 4.78 is 36.1. The Hall–Kier alpha value is -3.62. The molecule has 38 heavy (non-hydrogen) atoms. The zero-order valence-corrected chi connectivity index (χ0v) is 22.7. The van der Waals surface area contributed by atoms with Crippen molar-refractivity contribution in [2.75, 3.05) is 18.4 Å². The Kier molecular flexibility index (Phi) is 7.27. The lowest BCUT2D eigenvalue weighted by Crippen LogP contribution is -2.28. The number of anilines is 1. The number of sulfonamides is 1. The van der Waals surface area contributed by atoms with Crippen LogP contribution >= 0.6 is 0 Å². The predicted molar refractivity (Wildman–Crippen MR) is 150 cm³/mol. The van der Waals surface area contributed by atoms with E-state index >= 15 is 0 Å². The van der Waals surface area contributed by atoms with Crippen LogP contribution in [0.15, 0.2) is 83.9 Å². The largest absolute Gasteiger partial charge is 0.491 e. The first-order valence-corrected chi connectivity index (χ1v) is 14.5. The Bertz CT molecular complexity index is 1540. The monoisotopic (exact) mass is 531 g/mol. The lowest BCUT2D eigenvalue weighted by atomic mass is 9.98. The molecule has 1 N–H and O–H groups in total. The first-order valence-electron chi connectivity index (χ1n) is 13.0. The van der Waals surface area contributed by atoms with Gasteiger partial charge < -0.3 is 14.6 Å². The molecule has 0 radical (unpaired) electrons. The van der Waals surface area contributed by atoms with Gasteiger partial charge in [0.25, 0.3) is 5.91 Å². The molecule has 7 nitrogen and oxygen atoms in total. The summed E-state index contributed by atoms with van der Waals surface area (Å²) in [6.45, 7) is 7.63. The number of carbonyl (C=O) groups excluding carboxylic acids is 1. The van der Waals surface area contributed by atoms with E-state index in [4.69, 9.17) is 4.74 Å². The topological polar surface area (TPSA) is 80.6 Å². The number of ether oxygens (including phenoxy) is 1. The van der Waals surface area contributed by atoms with Gasteiger partial charge in [-0.2, -0.15) is 4.31 Å². The van der Waals surface area contributed by atoms with Gasteiger partial charge in [0.2, 0.25) is 10.0 Å². The number of aryl methyl sites for hydroxylation is 1. The summed E-state index contributed by atoms with van der Waals surface area (Å²) in [5.41, 5.74) is 3.50. The van der Waals surface area contributed by atoms with Crippen LogP contribution in [0.2, 0.25) is 0 Å². The normalized spacial score (nSPS) is 16.3. The Balaban J connectivity index is 1.36. The molecule has 1 unspecified atom stereocenters. The molecule has 1 saturated heterocycles. The summed E-state index contributed by atoms with van der Waals surface area (Å²) >= 11 is 0. The van der Waals surface area contributed by atoms with Gasteiger partial charge >= 0.3 is 0 Å². The summed E-state index contributed by atoms with van der Waals surface area (Å²) in [6, 6.07) is 21.7. The Morgan fingerprint density at radius 3 is 2.47 bits per heavy atom. The van der Waals surface area contributed by atoms with Gasteiger partial charge in [-0.15, -0.1) is 0 Å². The van der Waals surface area contributed by atoms with Gasteiger partial charge in [-0.1, -0.05) is 24.3 Å². The fourth-order valence-corrected chi connectivity index (χ4v) is 6.59. The van der Waals surface area contributed by atoms with E-state index in [0.717, 1.165) is 35.1 Å². The van der Waals surface area contributed by atoms with Crippen molar-refractivity contribution in [3.05, 3.63) is 90.1 Å². The van der Waals surface area contributed by atoms with Gasteiger partial charge in [0, 0.05) is 48.4 Å². The number of hydrogen-bond donors (Lipinski definition) is 1. The van der Waals surface area contributed by atoms with Gasteiger partial charge in [-0.3, -0.25) is 4.79 Å². The smallest absolute Gasteiger partial charge is 0.255 e. The summed E-state index contributed by atoms with van der Waals surface area (Å²) in [4.78, 5) is 12.9. The molecule has 8 heteroatoms.